The van der Waals surface area contributed by atoms with E-state index < -0.39 is 11.8 Å². The number of fused-ring (bicyclic) bond motifs is 1. The summed E-state index contributed by atoms with van der Waals surface area (Å²) >= 11 is 0. The Kier molecular flexibility index (Phi) is 6.34. The predicted molar refractivity (Wildman–Crippen MR) is 116 cm³/mol. The first kappa shape index (κ1) is 21.5. The second-order valence-electron chi connectivity index (χ2n) is 8.14. The van der Waals surface area contributed by atoms with Crippen molar-refractivity contribution in [2.45, 2.75) is 32.2 Å². The fourth-order valence-corrected chi connectivity index (χ4v) is 3.98. The molecular formula is C24H29NO6. The molecule has 4 rings (SSSR count). The van der Waals surface area contributed by atoms with Gasteiger partial charge in [0.05, 0.1) is 31.5 Å². The van der Waals surface area contributed by atoms with E-state index in [1.54, 1.807) is 0 Å². The molecule has 0 saturated carbocycles. The van der Waals surface area contributed by atoms with Crippen LogP contribution in [-0.2, 0) is 20.7 Å². The maximum atomic E-state index is 11.3. The molecule has 0 bridgehead atoms. The molecule has 2 aromatic carbocycles. The van der Waals surface area contributed by atoms with Crippen molar-refractivity contribution in [3.8, 4) is 11.5 Å². The van der Waals surface area contributed by atoms with Gasteiger partial charge in [-0.3, -0.25) is 0 Å². The van der Waals surface area contributed by atoms with Gasteiger partial charge in [0.15, 0.2) is 0 Å². The van der Waals surface area contributed by atoms with Crippen molar-refractivity contribution in [2.24, 2.45) is 5.92 Å². The number of anilines is 1. The van der Waals surface area contributed by atoms with Crippen molar-refractivity contribution in [1.29, 1.82) is 0 Å². The molecule has 0 radical (unpaired) electrons. The van der Waals surface area contributed by atoms with E-state index >= 15 is 0 Å². The average Bonchev–Trinajstić information content (AvgIpc) is 2.77. The van der Waals surface area contributed by atoms with Gasteiger partial charge < -0.3 is 29.0 Å². The molecule has 0 aromatic heterocycles. The Morgan fingerprint density at radius 1 is 1.23 bits per heavy atom. The molecule has 3 atom stereocenters. The van der Waals surface area contributed by atoms with Gasteiger partial charge in [-0.15, -0.1) is 0 Å². The largest absolute Gasteiger partial charge is 0.492 e. The zero-order chi connectivity index (χ0) is 21.8. The molecule has 7 heteroatoms. The number of ether oxygens (including phenoxy) is 4. The number of hydrogen-bond acceptors (Lipinski definition) is 6. The van der Waals surface area contributed by atoms with E-state index in [-0.39, 0.29) is 12.0 Å². The lowest BCUT2D eigenvalue weighted by Crippen LogP contribution is -2.51. The van der Waals surface area contributed by atoms with Gasteiger partial charge in [0.2, 0.25) is 0 Å². The number of para-hydroxylation sites is 2. The average molecular weight is 427 g/mol. The third kappa shape index (κ3) is 4.94. The van der Waals surface area contributed by atoms with Crippen molar-refractivity contribution in [1.82, 2.24) is 0 Å². The Labute approximate surface area is 182 Å². The van der Waals surface area contributed by atoms with Crippen LogP contribution < -0.4 is 14.4 Å². The molecule has 0 aliphatic carbocycles. The summed E-state index contributed by atoms with van der Waals surface area (Å²) in [7, 11) is 0. The Morgan fingerprint density at radius 2 is 2.00 bits per heavy atom. The summed E-state index contributed by atoms with van der Waals surface area (Å²) in [5, 5.41) is 9.25. The Morgan fingerprint density at radius 3 is 2.74 bits per heavy atom. The standard InChI is InChI=1S/C24H29NO6/c1-17-19(16-30-24(2,31-17)23(26)27)15-18-7-9-20(10-8-18)28-13-11-25-12-14-29-22-6-4-3-5-21(22)25/h3-10,17,19H,11-16H2,1-2H3,(H,26,27). The first-order valence-corrected chi connectivity index (χ1v) is 10.7. The topological polar surface area (TPSA) is 77.5 Å². The third-order valence-electron chi connectivity index (χ3n) is 5.91. The van der Waals surface area contributed by atoms with Gasteiger partial charge in [-0.2, -0.15) is 0 Å². The van der Waals surface area contributed by atoms with Gasteiger partial charge in [0.1, 0.15) is 24.7 Å². The summed E-state index contributed by atoms with van der Waals surface area (Å²) < 4.78 is 22.7. The van der Waals surface area contributed by atoms with Crippen molar-refractivity contribution in [3.05, 3.63) is 54.1 Å². The molecule has 3 unspecified atom stereocenters. The third-order valence-corrected chi connectivity index (χ3v) is 5.91. The first-order valence-electron chi connectivity index (χ1n) is 10.7. The van der Waals surface area contributed by atoms with Gasteiger partial charge in [-0.25, -0.2) is 4.79 Å². The number of hydrogen-bond donors (Lipinski definition) is 1. The molecule has 1 N–H and O–H groups in total. The lowest BCUT2D eigenvalue weighted by Gasteiger charge is -2.39. The summed E-state index contributed by atoms with van der Waals surface area (Å²) in [6, 6.07) is 16.1. The fourth-order valence-electron chi connectivity index (χ4n) is 3.98. The van der Waals surface area contributed by atoms with Crippen LogP contribution in [0.3, 0.4) is 0 Å². The number of carboxylic acids is 1. The summed E-state index contributed by atoms with van der Waals surface area (Å²) in [6.45, 7) is 6.61. The van der Waals surface area contributed by atoms with E-state index in [4.69, 9.17) is 18.9 Å². The Hall–Kier alpha value is -2.77. The van der Waals surface area contributed by atoms with Crippen LogP contribution in [0.2, 0.25) is 0 Å². The van der Waals surface area contributed by atoms with E-state index in [0.29, 0.717) is 19.8 Å². The summed E-state index contributed by atoms with van der Waals surface area (Å²) in [4.78, 5) is 13.6. The number of carboxylic acid groups (broad SMARTS) is 1. The van der Waals surface area contributed by atoms with Crippen LogP contribution in [0, 0.1) is 5.92 Å². The van der Waals surface area contributed by atoms with Crippen LogP contribution in [0.1, 0.15) is 19.4 Å². The lowest BCUT2D eigenvalue weighted by atomic mass is 9.94. The second kappa shape index (κ2) is 9.16. The SMILES string of the molecule is CC1OC(C)(C(=O)O)OCC1Cc1ccc(OCCN2CCOc3ccccc32)cc1. The first-order chi connectivity index (χ1) is 14.9. The Bertz CT molecular complexity index is 901. The maximum absolute atomic E-state index is 11.3. The molecule has 1 fully saturated rings. The molecule has 0 spiro atoms. The van der Waals surface area contributed by atoms with Gasteiger partial charge in [-0.05, 0) is 43.2 Å². The van der Waals surface area contributed by atoms with E-state index in [1.807, 2.05) is 49.4 Å². The minimum Gasteiger partial charge on any atom is -0.492 e. The molecule has 2 aliphatic rings. The lowest BCUT2D eigenvalue weighted by molar-refractivity contribution is -0.291. The van der Waals surface area contributed by atoms with Gasteiger partial charge in [-0.1, -0.05) is 24.3 Å². The number of rotatable bonds is 7. The second-order valence-corrected chi connectivity index (χ2v) is 8.14. The highest BCUT2D eigenvalue weighted by Crippen LogP contribution is 2.31. The zero-order valence-corrected chi connectivity index (χ0v) is 18.0. The van der Waals surface area contributed by atoms with Crippen molar-refractivity contribution in [2.75, 3.05) is 37.8 Å². The molecule has 7 nitrogen and oxygen atoms in total. The van der Waals surface area contributed by atoms with Crippen molar-refractivity contribution < 1.29 is 28.8 Å². The molecule has 2 aromatic rings. The highest BCUT2D eigenvalue weighted by molar-refractivity contribution is 5.75. The van der Waals surface area contributed by atoms with Crippen LogP contribution in [0.5, 0.6) is 11.5 Å². The predicted octanol–water partition coefficient (Wildman–Crippen LogP) is 3.36. The molecule has 2 heterocycles. The number of nitrogens with zero attached hydrogens (tertiary/aromatic N) is 1. The maximum Gasteiger partial charge on any atom is 0.364 e. The van der Waals surface area contributed by atoms with Crippen LogP contribution in [0.4, 0.5) is 5.69 Å². The van der Waals surface area contributed by atoms with E-state index in [2.05, 4.69) is 11.0 Å². The number of aliphatic carboxylic acids is 1. The van der Waals surface area contributed by atoms with Gasteiger partial charge in [0, 0.05) is 12.8 Å². The molecular weight excluding hydrogens is 398 g/mol. The number of carbonyl (C=O) groups is 1. The Balaban J connectivity index is 1.26. The fraction of sp³-hybridized carbons (Fsp3) is 0.458. The summed E-state index contributed by atoms with van der Waals surface area (Å²) in [6.07, 6.45) is 0.545. The quantitative estimate of drug-likeness (QED) is 0.726. The molecule has 31 heavy (non-hydrogen) atoms. The minimum atomic E-state index is -1.56. The molecule has 166 valence electrons. The van der Waals surface area contributed by atoms with Crippen LogP contribution >= 0.6 is 0 Å². The van der Waals surface area contributed by atoms with Crippen LogP contribution in [0.25, 0.3) is 0 Å². The highest BCUT2D eigenvalue weighted by Gasteiger charge is 2.43. The highest BCUT2D eigenvalue weighted by atomic mass is 16.7. The minimum absolute atomic E-state index is 0.0978. The van der Waals surface area contributed by atoms with E-state index in [9.17, 15) is 9.90 Å². The van der Waals surface area contributed by atoms with Gasteiger partial charge >= 0.3 is 5.97 Å². The van der Waals surface area contributed by atoms with Gasteiger partial charge in [0.25, 0.3) is 5.79 Å². The van der Waals surface area contributed by atoms with E-state index in [1.165, 1.54) is 6.92 Å². The summed E-state index contributed by atoms with van der Waals surface area (Å²) in [5.74, 6) is -0.811. The normalized spacial score (nSPS) is 25.4. The van der Waals surface area contributed by atoms with Crippen LogP contribution in [-0.4, -0.2) is 55.9 Å². The smallest absolute Gasteiger partial charge is 0.364 e. The summed E-state index contributed by atoms with van der Waals surface area (Å²) in [5.41, 5.74) is 2.25. The van der Waals surface area contributed by atoms with E-state index in [0.717, 1.165) is 42.3 Å². The van der Waals surface area contributed by atoms with Crippen molar-refractivity contribution in [3.63, 3.8) is 0 Å². The molecule has 1 saturated heterocycles. The zero-order valence-electron chi connectivity index (χ0n) is 18.0. The molecule has 2 aliphatic heterocycles. The molecule has 0 amide bonds. The van der Waals surface area contributed by atoms with Crippen molar-refractivity contribution >= 4 is 11.7 Å². The van der Waals surface area contributed by atoms with Crippen LogP contribution in [0.15, 0.2) is 48.5 Å². The monoisotopic (exact) mass is 427 g/mol. The number of benzene rings is 2.